The molecule has 0 saturated heterocycles. The SMILES string of the molecule is CC(C)(C)c1cc([C@@H](CP(c2ccccc2)c2ccccc2)NS(=O)C(C)(C)C)cc(C(C)(C)C)c1. The van der Waals surface area contributed by atoms with Gasteiger partial charge in [-0.05, 0) is 73.0 Å². The summed E-state index contributed by atoms with van der Waals surface area (Å²) < 4.78 is 16.7. The number of hydrogen-bond donors (Lipinski definition) is 1. The molecule has 3 aromatic rings. The maximum absolute atomic E-state index is 13.5. The van der Waals surface area contributed by atoms with E-state index in [4.69, 9.17) is 0 Å². The molecule has 0 amide bonds. The van der Waals surface area contributed by atoms with E-state index in [9.17, 15) is 4.21 Å². The summed E-state index contributed by atoms with van der Waals surface area (Å²) in [4.78, 5) is 0. The van der Waals surface area contributed by atoms with Crippen molar-refractivity contribution in [2.45, 2.75) is 83.9 Å². The van der Waals surface area contributed by atoms with Crippen molar-refractivity contribution in [1.82, 2.24) is 4.72 Å². The smallest absolute Gasteiger partial charge is 0.0976 e. The molecule has 0 aliphatic carbocycles. The summed E-state index contributed by atoms with van der Waals surface area (Å²) in [5, 5.41) is 2.69. The molecule has 0 aliphatic heterocycles. The summed E-state index contributed by atoms with van der Waals surface area (Å²) in [6.07, 6.45) is 0.877. The summed E-state index contributed by atoms with van der Waals surface area (Å²) in [7, 11) is -1.85. The molecular weight excluding hydrogens is 477 g/mol. The lowest BCUT2D eigenvalue weighted by Gasteiger charge is -2.31. The predicted octanol–water partition coefficient (Wildman–Crippen LogP) is 7.51. The third-order valence-corrected chi connectivity index (χ3v) is 10.6. The van der Waals surface area contributed by atoms with Gasteiger partial charge in [-0.2, -0.15) is 0 Å². The average molecular weight is 522 g/mol. The molecule has 0 aliphatic rings. The first kappa shape index (κ1) is 28.8. The summed E-state index contributed by atoms with van der Waals surface area (Å²) >= 11 is 0. The molecule has 3 aromatic carbocycles. The number of nitrogens with one attached hydrogen (secondary N) is 1. The van der Waals surface area contributed by atoms with Crippen molar-refractivity contribution in [3.63, 3.8) is 0 Å². The van der Waals surface area contributed by atoms with E-state index in [1.54, 1.807) is 0 Å². The molecular formula is C32H44NOPS. The Balaban J connectivity index is 2.17. The van der Waals surface area contributed by atoms with Crippen molar-refractivity contribution in [2.24, 2.45) is 0 Å². The Bertz CT molecular complexity index is 1080. The van der Waals surface area contributed by atoms with E-state index >= 15 is 0 Å². The van der Waals surface area contributed by atoms with Gasteiger partial charge in [-0.15, -0.1) is 0 Å². The molecule has 0 spiro atoms. The first-order valence-corrected chi connectivity index (χ1v) is 15.6. The van der Waals surface area contributed by atoms with Crippen LogP contribution in [0.4, 0.5) is 0 Å². The van der Waals surface area contributed by atoms with E-state index in [-0.39, 0.29) is 21.6 Å². The van der Waals surface area contributed by atoms with Crippen molar-refractivity contribution in [3.05, 3.63) is 95.6 Å². The summed E-state index contributed by atoms with van der Waals surface area (Å²) in [5.41, 5.74) is 3.91. The van der Waals surface area contributed by atoms with Crippen molar-refractivity contribution in [1.29, 1.82) is 0 Å². The van der Waals surface area contributed by atoms with Gasteiger partial charge >= 0.3 is 0 Å². The lowest BCUT2D eigenvalue weighted by Crippen LogP contribution is -2.38. The molecule has 2 atom stereocenters. The van der Waals surface area contributed by atoms with Crippen LogP contribution < -0.4 is 15.3 Å². The van der Waals surface area contributed by atoms with Crippen molar-refractivity contribution in [3.8, 4) is 0 Å². The number of rotatable bonds is 7. The molecule has 194 valence electrons. The molecule has 1 N–H and O–H groups in total. The summed E-state index contributed by atoms with van der Waals surface area (Å²) in [5.74, 6) is 0. The molecule has 0 radical (unpaired) electrons. The maximum atomic E-state index is 13.5. The van der Waals surface area contributed by atoms with E-state index in [0.717, 1.165) is 6.16 Å². The Morgan fingerprint density at radius 2 is 1.11 bits per heavy atom. The highest BCUT2D eigenvalue weighted by molar-refractivity contribution is 7.84. The lowest BCUT2D eigenvalue weighted by atomic mass is 9.79. The van der Waals surface area contributed by atoms with E-state index in [1.807, 2.05) is 20.8 Å². The lowest BCUT2D eigenvalue weighted by molar-refractivity contribution is 0.563. The van der Waals surface area contributed by atoms with Crippen molar-refractivity contribution >= 4 is 29.5 Å². The Kier molecular flexibility index (Phi) is 9.03. The average Bonchev–Trinajstić information content (AvgIpc) is 2.80. The summed E-state index contributed by atoms with van der Waals surface area (Å²) in [6, 6.07) is 28.6. The molecule has 0 aromatic heterocycles. The van der Waals surface area contributed by atoms with Crippen LogP contribution in [-0.4, -0.2) is 15.1 Å². The van der Waals surface area contributed by atoms with Gasteiger partial charge in [0.05, 0.1) is 15.7 Å². The quantitative estimate of drug-likeness (QED) is 0.320. The van der Waals surface area contributed by atoms with Gasteiger partial charge in [0.15, 0.2) is 0 Å². The first-order chi connectivity index (χ1) is 16.7. The molecule has 2 nitrogen and oxygen atoms in total. The van der Waals surface area contributed by atoms with E-state index in [1.165, 1.54) is 27.3 Å². The molecule has 4 heteroatoms. The largest absolute Gasteiger partial charge is 0.242 e. The van der Waals surface area contributed by atoms with Crippen LogP contribution in [0.15, 0.2) is 78.9 Å². The number of hydrogen-bond acceptors (Lipinski definition) is 1. The van der Waals surface area contributed by atoms with E-state index in [0.29, 0.717) is 0 Å². The fourth-order valence-corrected chi connectivity index (χ4v) is 7.40. The monoisotopic (exact) mass is 521 g/mol. The molecule has 1 unspecified atom stereocenters. The Labute approximate surface area is 223 Å². The molecule has 36 heavy (non-hydrogen) atoms. The fourth-order valence-electron chi connectivity index (χ4n) is 3.99. The third kappa shape index (κ3) is 7.60. The second-order valence-electron chi connectivity index (χ2n) is 12.7. The standard InChI is InChI=1S/C32H44NOPS/c1-30(2,3)25-20-24(21-26(22-25)31(4,5)6)29(33-36(34)32(7,8)9)23-35(27-16-12-10-13-17-27)28-18-14-11-15-19-28/h10-22,29,33H,23H2,1-9H3/t29-,36?/m1/s1. The zero-order valence-corrected chi connectivity index (χ0v) is 25.3. The molecule has 0 heterocycles. The van der Waals surface area contributed by atoms with Gasteiger partial charge in [-0.3, -0.25) is 0 Å². The van der Waals surface area contributed by atoms with Gasteiger partial charge in [0.2, 0.25) is 0 Å². The maximum Gasteiger partial charge on any atom is 0.0976 e. The second-order valence-corrected chi connectivity index (χ2v) is 16.9. The van der Waals surface area contributed by atoms with Gasteiger partial charge in [0.1, 0.15) is 0 Å². The molecule has 0 fully saturated rings. The zero-order valence-electron chi connectivity index (χ0n) is 23.6. The van der Waals surface area contributed by atoms with Crippen LogP contribution >= 0.6 is 7.92 Å². The van der Waals surface area contributed by atoms with Gasteiger partial charge in [0, 0.05) is 6.04 Å². The predicted molar refractivity (Wildman–Crippen MR) is 162 cm³/mol. The van der Waals surface area contributed by atoms with Crippen molar-refractivity contribution < 1.29 is 4.21 Å². The molecule has 0 bridgehead atoms. The normalized spacial score (nSPS) is 14.6. The van der Waals surface area contributed by atoms with Gasteiger partial charge in [-0.25, -0.2) is 8.93 Å². The van der Waals surface area contributed by atoms with Crippen LogP contribution in [0.2, 0.25) is 0 Å². The van der Waals surface area contributed by atoms with Crippen LogP contribution in [0.1, 0.15) is 85.0 Å². The van der Waals surface area contributed by atoms with Crippen LogP contribution in [-0.2, 0) is 21.8 Å². The van der Waals surface area contributed by atoms with E-state index in [2.05, 4.69) is 125 Å². The van der Waals surface area contributed by atoms with E-state index < -0.39 is 18.9 Å². The Morgan fingerprint density at radius 1 is 0.694 bits per heavy atom. The van der Waals surface area contributed by atoms with Crippen molar-refractivity contribution in [2.75, 3.05) is 6.16 Å². The highest BCUT2D eigenvalue weighted by Crippen LogP contribution is 2.40. The minimum Gasteiger partial charge on any atom is -0.242 e. The fraction of sp³-hybridized carbons (Fsp3) is 0.438. The summed E-state index contributed by atoms with van der Waals surface area (Å²) in [6.45, 7) is 19.8. The zero-order chi connectivity index (χ0) is 26.7. The second kappa shape index (κ2) is 11.3. The highest BCUT2D eigenvalue weighted by atomic mass is 32.2. The Hall–Kier alpha value is -1.80. The van der Waals surface area contributed by atoms with Gasteiger partial charge in [0.25, 0.3) is 0 Å². The van der Waals surface area contributed by atoms with Crippen LogP contribution in [0, 0.1) is 0 Å². The molecule has 3 rings (SSSR count). The van der Waals surface area contributed by atoms with Gasteiger partial charge < -0.3 is 0 Å². The van der Waals surface area contributed by atoms with Crippen LogP contribution in [0.5, 0.6) is 0 Å². The third-order valence-electron chi connectivity index (χ3n) is 6.40. The topological polar surface area (TPSA) is 29.1 Å². The Morgan fingerprint density at radius 3 is 1.47 bits per heavy atom. The van der Waals surface area contributed by atoms with Gasteiger partial charge in [-0.1, -0.05) is 120 Å². The van der Waals surface area contributed by atoms with Crippen LogP contribution in [0.3, 0.4) is 0 Å². The minimum atomic E-state index is -1.19. The number of benzene rings is 3. The van der Waals surface area contributed by atoms with Crippen LogP contribution in [0.25, 0.3) is 0 Å². The highest BCUT2D eigenvalue weighted by Gasteiger charge is 2.29. The minimum absolute atomic E-state index is 0.0212. The first-order valence-electron chi connectivity index (χ1n) is 12.9. The molecule has 0 saturated carbocycles.